The Balaban J connectivity index is 2.20. The van der Waals surface area contributed by atoms with Crippen LogP contribution in [-0.2, 0) is 0 Å². The van der Waals surface area contributed by atoms with Crippen LogP contribution in [0.15, 0.2) is 29.6 Å². The lowest BCUT2D eigenvalue weighted by Crippen LogP contribution is -2.07. The fraction of sp³-hybridized carbons (Fsp3) is 0.250. The smallest absolute Gasteiger partial charge is 0.212 e. The molecule has 1 N–H and O–H groups in total. The standard InChI is InChI=1S/C16H18N6O/c1-10-13(11-5-6-12(23-4)17-7-11)14-15(20-9-22(2)3)18-8-19-16(14)21-10/h5-9H,1-4H3,(H,18,19,21). The normalized spacial score (nSPS) is 11.3. The summed E-state index contributed by atoms with van der Waals surface area (Å²) in [6.45, 7) is 2.00. The van der Waals surface area contributed by atoms with E-state index in [-0.39, 0.29) is 0 Å². The van der Waals surface area contributed by atoms with Gasteiger partial charge in [-0.2, -0.15) is 0 Å². The van der Waals surface area contributed by atoms with E-state index in [4.69, 9.17) is 4.74 Å². The van der Waals surface area contributed by atoms with Crippen LogP contribution in [0, 0.1) is 6.92 Å². The number of rotatable bonds is 4. The van der Waals surface area contributed by atoms with E-state index in [2.05, 4.69) is 24.9 Å². The van der Waals surface area contributed by atoms with Gasteiger partial charge in [-0.3, -0.25) is 0 Å². The van der Waals surface area contributed by atoms with E-state index in [1.54, 1.807) is 19.6 Å². The predicted molar refractivity (Wildman–Crippen MR) is 90.2 cm³/mol. The number of aliphatic imine (C=N–C) groups is 1. The number of hydrogen-bond donors (Lipinski definition) is 1. The number of nitrogens with zero attached hydrogens (tertiary/aromatic N) is 5. The SMILES string of the molecule is COc1ccc(-c2c(C)[nH]c3ncnc(N=CN(C)C)c23)cn1. The van der Waals surface area contributed by atoms with Gasteiger partial charge in [0.1, 0.15) is 12.0 Å². The monoisotopic (exact) mass is 310 g/mol. The first kappa shape index (κ1) is 15.0. The number of pyridine rings is 1. The highest BCUT2D eigenvalue weighted by Crippen LogP contribution is 2.35. The largest absolute Gasteiger partial charge is 0.481 e. The lowest BCUT2D eigenvalue weighted by Gasteiger charge is -2.05. The zero-order chi connectivity index (χ0) is 16.4. The average Bonchev–Trinajstić information content (AvgIpc) is 2.89. The molecule has 0 aliphatic carbocycles. The van der Waals surface area contributed by atoms with Crippen molar-refractivity contribution in [3.8, 4) is 17.0 Å². The molecule has 0 spiro atoms. The van der Waals surface area contributed by atoms with E-state index in [1.807, 2.05) is 38.1 Å². The van der Waals surface area contributed by atoms with Crippen LogP contribution in [0.3, 0.4) is 0 Å². The van der Waals surface area contributed by atoms with E-state index in [9.17, 15) is 0 Å². The first-order valence-corrected chi connectivity index (χ1v) is 7.14. The lowest BCUT2D eigenvalue weighted by atomic mass is 10.1. The third-order valence-electron chi connectivity index (χ3n) is 3.40. The highest BCUT2D eigenvalue weighted by atomic mass is 16.5. The fourth-order valence-corrected chi connectivity index (χ4v) is 2.41. The van der Waals surface area contributed by atoms with Gasteiger partial charge in [-0.1, -0.05) is 0 Å². The summed E-state index contributed by atoms with van der Waals surface area (Å²) in [5.41, 5.74) is 3.72. The van der Waals surface area contributed by atoms with Crippen LogP contribution in [0.25, 0.3) is 22.2 Å². The highest BCUT2D eigenvalue weighted by molar-refractivity contribution is 6.02. The van der Waals surface area contributed by atoms with Gasteiger partial charge >= 0.3 is 0 Å². The van der Waals surface area contributed by atoms with Crippen LogP contribution in [0.1, 0.15) is 5.69 Å². The van der Waals surface area contributed by atoms with E-state index in [0.29, 0.717) is 11.7 Å². The molecule has 0 radical (unpaired) electrons. The minimum atomic E-state index is 0.577. The number of aromatic amines is 1. The first-order chi connectivity index (χ1) is 11.1. The summed E-state index contributed by atoms with van der Waals surface area (Å²) in [7, 11) is 5.43. The second-order valence-corrected chi connectivity index (χ2v) is 5.34. The summed E-state index contributed by atoms with van der Waals surface area (Å²) in [5.74, 6) is 1.20. The van der Waals surface area contributed by atoms with Gasteiger partial charge in [0.05, 0.1) is 18.8 Å². The second-order valence-electron chi connectivity index (χ2n) is 5.34. The zero-order valence-electron chi connectivity index (χ0n) is 13.5. The van der Waals surface area contributed by atoms with Gasteiger partial charge in [-0.05, 0) is 13.0 Å². The molecule has 3 aromatic heterocycles. The van der Waals surface area contributed by atoms with Crippen molar-refractivity contribution in [3.63, 3.8) is 0 Å². The minimum Gasteiger partial charge on any atom is -0.481 e. The quantitative estimate of drug-likeness (QED) is 0.592. The van der Waals surface area contributed by atoms with Gasteiger partial charge < -0.3 is 14.6 Å². The third-order valence-corrected chi connectivity index (χ3v) is 3.40. The molecule has 0 aromatic carbocycles. The summed E-state index contributed by atoms with van der Waals surface area (Å²) in [5, 5.41) is 0.884. The minimum absolute atomic E-state index is 0.577. The Hall–Kier alpha value is -2.96. The molecule has 0 aliphatic heterocycles. The summed E-state index contributed by atoms with van der Waals surface area (Å²) >= 11 is 0. The number of ether oxygens (including phenoxy) is 1. The maximum atomic E-state index is 5.12. The molecule has 3 rings (SSSR count). The Morgan fingerprint density at radius 1 is 1.22 bits per heavy atom. The molecular weight excluding hydrogens is 292 g/mol. The molecule has 0 saturated heterocycles. The van der Waals surface area contributed by atoms with Gasteiger partial charge in [0.15, 0.2) is 5.82 Å². The molecule has 0 atom stereocenters. The Kier molecular flexibility index (Phi) is 3.92. The number of H-pyrrole nitrogens is 1. The zero-order valence-corrected chi connectivity index (χ0v) is 13.5. The maximum Gasteiger partial charge on any atom is 0.212 e. The van der Waals surface area contributed by atoms with Gasteiger partial charge in [0.2, 0.25) is 5.88 Å². The molecule has 118 valence electrons. The molecular formula is C16H18N6O. The number of hydrogen-bond acceptors (Lipinski definition) is 5. The highest BCUT2D eigenvalue weighted by Gasteiger charge is 2.16. The molecule has 0 saturated carbocycles. The van der Waals surface area contributed by atoms with Crippen LogP contribution in [0.2, 0.25) is 0 Å². The topological polar surface area (TPSA) is 79.3 Å². The fourth-order valence-electron chi connectivity index (χ4n) is 2.41. The summed E-state index contributed by atoms with van der Waals surface area (Å²) in [6, 6.07) is 3.80. The van der Waals surface area contributed by atoms with Crippen LogP contribution >= 0.6 is 0 Å². The molecule has 7 heteroatoms. The molecule has 23 heavy (non-hydrogen) atoms. The number of nitrogens with one attached hydrogen (secondary N) is 1. The molecule has 3 aromatic rings. The van der Waals surface area contributed by atoms with Crippen molar-refractivity contribution in [1.82, 2.24) is 24.8 Å². The van der Waals surface area contributed by atoms with E-state index in [1.165, 1.54) is 6.33 Å². The van der Waals surface area contributed by atoms with Crippen molar-refractivity contribution < 1.29 is 4.74 Å². The van der Waals surface area contributed by atoms with Crippen LogP contribution in [-0.4, -0.2) is 52.4 Å². The molecule has 7 nitrogen and oxygen atoms in total. The van der Waals surface area contributed by atoms with Crippen molar-refractivity contribution >= 4 is 23.2 Å². The number of methoxy groups -OCH3 is 1. The van der Waals surface area contributed by atoms with E-state index >= 15 is 0 Å². The first-order valence-electron chi connectivity index (χ1n) is 7.14. The van der Waals surface area contributed by atoms with Crippen molar-refractivity contribution in [2.75, 3.05) is 21.2 Å². The maximum absolute atomic E-state index is 5.12. The number of aromatic nitrogens is 4. The average molecular weight is 310 g/mol. The Morgan fingerprint density at radius 3 is 2.70 bits per heavy atom. The third kappa shape index (κ3) is 2.85. The molecule has 0 unspecified atom stereocenters. The van der Waals surface area contributed by atoms with Crippen LogP contribution in [0.5, 0.6) is 5.88 Å². The Bertz CT molecular complexity index is 851. The molecule has 0 amide bonds. The number of aryl methyl sites for hydroxylation is 1. The molecule has 3 heterocycles. The second kappa shape index (κ2) is 6.04. The summed E-state index contributed by atoms with van der Waals surface area (Å²) in [4.78, 5) is 22.5. The van der Waals surface area contributed by atoms with Crippen molar-refractivity contribution in [3.05, 3.63) is 30.4 Å². The predicted octanol–water partition coefficient (Wildman–Crippen LogP) is 2.56. The van der Waals surface area contributed by atoms with E-state index in [0.717, 1.165) is 27.9 Å². The van der Waals surface area contributed by atoms with Crippen LogP contribution < -0.4 is 4.74 Å². The van der Waals surface area contributed by atoms with E-state index < -0.39 is 0 Å². The molecule has 0 aliphatic rings. The van der Waals surface area contributed by atoms with Gasteiger partial charge in [0, 0.05) is 43.2 Å². The molecule has 0 bridgehead atoms. The Labute approximate surface area is 134 Å². The number of fused-ring (bicyclic) bond motifs is 1. The van der Waals surface area contributed by atoms with Crippen molar-refractivity contribution in [1.29, 1.82) is 0 Å². The van der Waals surface area contributed by atoms with Crippen LogP contribution in [0.4, 0.5) is 5.82 Å². The summed E-state index contributed by atoms with van der Waals surface area (Å²) < 4.78 is 5.12. The summed E-state index contributed by atoms with van der Waals surface area (Å²) in [6.07, 6.45) is 5.01. The lowest BCUT2D eigenvalue weighted by molar-refractivity contribution is 0.398. The Morgan fingerprint density at radius 2 is 2.04 bits per heavy atom. The van der Waals surface area contributed by atoms with Gasteiger partial charge in [0.25, 0.3) is 0 Å². The molecule has 0 fully saturated rings. The van der Waals surface area contributed by atoms with Crippen molar-refractivity contribution in [2.24, 2.45) is 4.99 Å². The van der Waals surface area contributed by atoms with Gasteiger partial charge in [-0.15, -0.1) is 0 Å². The van der Waals surface area contributed by atoms with Gasteiger partial charge in [-0.25, -0.2) is 19.9 Å². The van der Waals surface area contributed by atoms with Crippen molar-refractivity contribution in [2.45, 2.75) is 6.92 Å².